The highest BCUT2D eigenvalue weighted by Gasteiger charge is 2.24. The third-order valence-electron chi connectivity index (χ3n) is 5.24. The smallest absolute Gasteiger partial charge is 0.352 e. The van der Waals surface area contributed by atoms with Crippen molar-refractivity contribution in [2.45, 2.75) is 38.4 Å². The van der Waals surface area contributed by atoms with Gasteiger partial charge in [0, 0.05) is 34.6 Å². The Hall–Kier alpha value is -2.66. The number of nitrogens with zero attached hydrogens (tertiary/aromatic N) is 1. The van der Waals surface area contributed by atoms with E-state index in [1.807, 2.05) is 24.3 Å². The molecule has 1 fully saturated rings. The lowest BCUT2D eigenvalue weighted by Crippen LogP contribution is -2.34. The third kappa shape index (κ3) is 2.99. The first-order valence-electron chi connectivity index (χ1n) is 8.95. The van der Waals surface area contributed by atoms with Crippen molar-refractivity contribution in [1.82, 2.24) is 9.88 Å². The molecule has 0 aliphatic heterocycles. The summed E-state index contributed by atoms with van der Waals surface area (Å²) in [5, 5.41) is 14.3. The van der Waals surface area contributed by atoms with Crippen LogP contribution in [0.4, 0.5) is 4.39 Å². The second kappa shape index (κ2) is 6.92. The minimum Gasteiger partial charge on any atom is -0.477 e. The number of halogens is 1. The van der Waals surface area contributed by atoms with Crippen LogP contribution in [0.2, 0.25) is 0 Å². The Balaban J connectivity index is 1.81. The number of hydrogen-bond acceptors (Lipinski definition) is 2. The minimum absolute atomic E-state index is 0.193. The third-order valence-corrected chi connectivity index (χ3v) is 5.24. The molecule has 1 aliphatic rings. The van der Waals surface area contributed by atoms with Gasteiger partial charge in [0.15, 0.2) is 0 Å². The van der Waals surface area contributed by atoms with Gasteiger partial charge in [0.1, 0.15) is 11.5 Å². The fourth-order valence-corrected chi connectivity index (χ4v) is 3.62. The van der Waals surface area contributed by atoms with Crippen molar-refractivity contribution < 1.29 is 14.3 Å². The van der Waals surface area contributed by atoms with Gasteiger partial charge in [0.05, 0.1) is 6.54 Å². The molecule has 0 atom stereocenters. The van der Waals surface area contributed by atoms with Crippen LogP contribution < -0.4 is 5.32 Å². The molecule has 1 saturated carbocycles. The lowest BCUT2D eigenvalue weighted by molar-refractivity contribution is 0.0684. The van der Waals surface area contributed by atoms with E-state index in [0.717, 1.165) is 29.3 Å². The summed E-state index contributed by atoms with van der Waals surface area (Å²) in [4.78, 5) is 12.1. The first kappa shape index (κ1) is 16.8. The van der Waals surface area contributed by atoms with Gasteiger partial charge in [0.2, 0.25) is 0 Å². The number of hydrogen-bond donors (Lipinski definition) is 2. The molecule has 3 aromatic rings. The van der Waals surface area contributed by atoms with Crippen LogP contribution in [-0.2, 0) is 13.1 Å². The molecule has 0 bridgehead atoms. The molecule has 2 N–H and O–H groups in total. The van der Waals surface area contributed by atoms with Gasteiger partial charge in [-0.1, -0.05) is 42.8 Å². The molecule has 0 spiro atoms. The Morgan fingerprint density at radius 3 is 2.58 bits per heavy atom. The molecule has 26 heavy (non-hydrogen) atoms. The predicted octanol–water partition coefficient (Wildman–Crippen LogP) is 4.17. The zero-order valence-electron chi connectivity index (χ0n) is 14.4. The van der Waals surface area contributed by atoms with Crippen LogP contribution >= 0.6 is 0 Å². The minimum atomic E-state index is -0.983. The summed E-state index contributed by atoms with van der Waals surface area (Å²) in [6.45, 7) is 0.704. The van der Waals surface area contributed by atoms with Gasteiger partial charge in [-0.05, 0) is 25.0 Å². The second-order valence-electron chi connectivity index (χ2n) is 6.84. The van der Waals surface area contributed by atoms with E-state index < -0.39 is 5.97 Å². The highest BCUT2D eigenvalue weighted by atomic mass is 19.1. The van der Waals surface area contributed by atoms with E-state index in [1.165, 1.54) is 12.5 Å². The van der Waals surface area contributed by atoms with E-state index in [0.29, 0.717) is 18.2 Å². The molecule has 5 heteroatoms. The highest BCUT2D eigenvalue weighted by molar-refractivity contribution is 5.98. The summed E-state index contributed by atoms with van der Waals surface area (Å²) in [7, 11) is 0. The van der Waals surface area contributed by atoms with Gasteiger partial charge in [0.25, 0.3) is 0 Å². The van der Waals surface area contributed by atoms with Gasteiger partial charge in [-0.3, -0.25) is 0 Å². The standard InChI is InChI=1S/C21H21FN2O2/c22-18-10-3-1-6-14(18)13-24-19-11-4-2-9-16(19)17(20(24)21(25)26)12-23-15-7-5-8-15/h1-4,6,9-11,15,23H,5,7-8,12-13H2,(H,25,26). The van der Waals surface area contributed by atoms with Crippen LogP contribution in [0, 0.1) is 5.82 Å². The van der Waals surface area contributed by atoms with E-state index in [-0.39, 0.29) is 18.1 Å². The number of aromatic nitrogens is 1. The molecular weight excluding hydrogens is 331 g/mol. The average molecular weight is 352 g/mol. The molecule has 4 nitrogen and oxygen atoms in total. The fraction of sp³-hybridized carbons (Fsp3) is 0.286. The largest absolute Gasteiger partial charge is 0.477 e. The summed E-state index contributed by atoms with van der Waals surface area (Å²) in [5.41, 5.74) is 2.31. The van der Waals surface area contributed by atoms with Gasteiger partial charge >= 0.3 is 5.97 Å². The van der Waals surface area contributed by atoms with E-state index in [2.05, 4.69) is 5.32 Å². The summed E-state index contributed by atoms with van der Waals surface area (Å²) in [6.07, 6.45) is 3.49. The maximum absolute atomic E-state index is 14.1. The zero-order valence-corrected chi connectivity index (χ0v) is 14.4. The van der Waals surface area contributed by atoms with Gasteiger partial charge in [-0.2, -0.15) is 0 Å². The van der Waals surface area contributed by atoms with Crippen molar-refractivity contribution in [3.63, 3.8) is 0 Å². The molecule has 1 aliphatic carbocycles. The number of rotatable bonds is 6. The first-order chi connectivity index (χ1) is 12.6. The zero-order chi connectivity index (χ0) is 18.1. The lowest BCUT2D eigenvalue weighted by atomic mass is 9.93. The molecule has 1 aromatic heterocycles. The van der Waals surface area contributed by atoms with Crippen molar-refractivity contribution >= 4 is 16.9 Å². The van der Waals surface area contributed by atoms with E-state index in [9.17, 15) is 14.3 Å². The van der Waals surface area contributed by atoms with Crippen LogP contribution in [0.3, 0.4) is 0 Å². The number of aromatic carboxylic acids is 1. The van der Waals surface area contributed by atoms with Crippen molar-refractivity contribution in [1.29, 1.82) is 0 Å². The number of nitrogens with one attached hydrogen (secondary N) is 1. The molecule has 0 unspecified atom stereocenters. The quantitative estimate of drug-likeness (QED) is 0.700. The van der Waals surface area contributed by atoms with E-state index in [4.69, 9.17) is 0 Å². The number of benzene rings is 2. The number of carbonyl (C=O) groups is 1. The fourth-order valence-electron chi connectivity index (χ4n) is 3.62. The molecule has 0 radical (unpaired) electrons. The van der Waals surface area contributed by atoms with Crippen molar-refractivity contribution in [3.8, 4) is 0 Å². The van der Waals surface area contributed by atoms with Crippen LogP contribution in [0.15, 0.2) is 48.5 Å². The number of carboxylic acids is 1. The molecule has 2 aromatic carbocycles. The maximum atomic E-state index is 14.1. The van der Waals surface area contributed by atoms with Crippen molar-refractivity contribution in [3.05, 3.63) is 71.2 Å². The Labute approximate surface area is 151 Å². The Morgan fingerprint density at radius 2 is 1.88 bits per heavy atom. The number of fused-ring (bicyclic) bond motifs is 1. The molecule has 0 amide bonds. The maximum Gasteiger partial charge on any atom is 0.352 e. The predicted molar refractivity (Wildman–Crippen MR) is 98.9 cm³/mol. The van der Waals surface area contributed by atoms with Crippen LogP contribution in [0.25, 0.3) is 10.9 Å². The van der Waals surface area contributed by atoms with E-state index in [1.54, 1.807) is 22.8 Å². The first-order valence-corrected chi connectivity index (χ1v) is 8.95. The molecular formula is C21H21FN2O2. The highest BCUT2D eigenvalue weighted by Crippen LogP contribution is 2.29. The van der Waals surface area contributed by atoms with E-state index >= 15 is 0 Å². The van der Waals surface area contributed by atoms with Crippen LogP contribution in [0.1, 0.15) is 40.9 Å². The van der Waals surface area contributed by atoms with Gasteiger partial charge in [-0.25, -0.2) is 9.18 Å². The van der Waals surface area contributed by atoms with Gasteiger partial charge < -0.3 is 15.0 Å². The molecule has 1 heterocycles. The van der Waals surface area contributed by atoms with Crippen LogP contribution in [-0.4, -0.2) is 21.7 Å². The van der Waals surface area contributed by atoms with Crippen molar-refractivity contribution in [2.75, 3.05) is 0 Å². The Bertz CT molecular complexity index is 960. The monoisotopic (exact) mass is 352 g/mol. The molecule has 4 rings (SSSR count). The second-order valence-corrected chi connectivity index (χ2v) is 6.84. The number of carboxylic acid groups (broad SMARTS) is 1. The lowest BCUT2D eigenvalue weighted by Gasteiger charge is -2.26. The van der Waals surface area contributed by atoms with Crippen LogP contribution in [0.5, 0.6) is 0 Å². The molecule has 134 valence electrons. The Morgan fingerprint density at radius 1 is 1.15 bits per heavy atom. The van der Waals surface area contributed by atoms with Gasteiger partial charge in [-0.15, -0.1) is 0 Å². The summed E-state index contributed by atoms with van der Waals surface area (Å²) in [6, 6.07) is 14.6. The average Bonchev–Trinajstić information content (AvgIpc) is 2.90. The molecule has 0 saturated heterocycles. The topological polar surface area (TPSA) is 54.3 Å². The normalized spacial score (nSPS) is 14.5. The summed E-state index contributed by atoms with van der Waals surface area (Å²) >= 11 is 0. The Kier molecular flexibility index (Phi) is 4.47. The summed E-state index contributed by atoms with van der Waals surface area (Å²) in [5.74, 6) is -1.31. The SMILES string of the molecule is O=C(O)c1c(CNC2CCC2)c2ccccc2n1Cc1ccccc1F. The van der Waals surface area contributed by atoms with Crippen molar-refractivity contribution in [2.24, 2.45) is 0 Å². The number of para-hydroxylation sites is 1. The summed E-state index contributed by atoms with van der Waals surface area (Å²) < 4.78 is 15.9.